The molecule has 3 nitrogen and oxygen atoms in total. The SMILES string of the molecule is COC1=CC=C(Cl)CC1=[N+]=[N-].[Cl][Zn]([Cl])([Cl])[Cl]. The second-order valence-corrected chi connectivity index (χ2v) is 30.9. The summed E-state index contributed by atoms with van der Waals surface area (Å²) in [6.07, 6.45) is 3.81. The number of rotatable bonds is 1. The molecule has 0 bridgehead atoms. The molecule has 9 heteroatoms. The van der Waals surface area contributed by atoms with Gasteiger partial charge in [-0.2, -0.15) is 4.79 Å². The van der Waals surface area contributed by atoms with Gasteiger partial charge in [-0.05, 0) is 12.2 Å². The molecule has 0 heterocycles. The third kappa shape index (κ3) is 8.84. The molecule has 1 rings (SSSR count). The van der Waals surface area contributed by atoms with Crippen molar-refractivity contribution < 1.29 is 20.3 Å². The van der Waals surface area contributed by atoms with Crippen molar-refractivity contribution in [1.82, 2.24) is 0 Å². The Labute approximate surface area is 118 Å². The summed E-state index contributed by atoms with van der Waals surface area (Å²) in [6.45, 7) is 0. The Morgan fingerprint density at radius 2 is 1.81 bits per heavy atom. The van der Waals surface area contributed by atoms with Gasteiger partial charge in [-0.15, -0.1) is 0 Å². The minimum absolute atomic E-state index is 0.428. The third-order valence-corrected chi connectivity index (χ3v) is 1.64. The van der Waals surface area contributed by atoms with E-state index in [1.165, 1.54) is 7.11 Å². The minimum atomic E-state index is -3.36. The Kier molecular flexibility index (Phi) is 8.31. The Balaban J connectivity index is 0.000000385. The van der Waals surface area contributed by atoms with Crippen LogP contribution in [0.15, 0.2) is 22.9 Å². The molecule has 1 aliphatic rings. The predicted molar refractivity (Wildman–Crippen MR) is 65.7 cm³/mol. The fraction of sp³-hybridized carbons (Fsp3) is 0.286. The van der Waals surface area contributed by atoms with E-state index in [2.05, 4.69) is 4.79 Å². The predicted octanol–water partition coefficient (Wildman–Crippen LogP) is 4.47. The maximum absolute atomic E-state index is 8.49. The van der Waals surface area contributed by atoms with E-state index in [9.17, 15) is 0 Å². The molecular weight excluding hydrogens is 371 g/mol. The zero-order valence-corrected chi connectivity index (χ0v) is 15.0. The molecule has 0 aliphatic heterocycles. The number of nitrogens with zero attached hydrogens (tertiary/aromatic N) is 2. The first-order valence-electron chi connectivity index (χ1n) is 4.16. The number of halogens is 5. The van der Waals surface area contributed by atoms with Crippen molar-refractivity contribution in [3.05, 3.63) is 28.5 Å². The molecule has 0 saturated heterocycles. The van der Waals surface area contributed by atoms with Crippen molar-refractivity contribution in [3.63, 3.8) is 0 Å². The zero-order valence-electron chi connectivity index (χ0n) is 8.26. The molecule has 0 aromatic heterocycles. The molecular formula is C7H7Cl5N2OZn. The normalized spacial score (nSPS) is 14.2. The van der Waals surface area contributed by atoms with E-state index in [1.807, 2.05) is 0 Å². The second kappa shape index (κ2) is 7.94. The van der Waals surface area contributed by atoms with E-state index in [0.29, 0.717) is 22.9 Å². The second-order valence-electron chi connectivity index (χ2n) is 2.68. The van der Waals surface area contributed by atoms with Crippen LogP contribution in [0, 0.1) is 0 Å². The van der Waals surface area contributed by atoms with Crippen LogP contribution in [0.3, 0.4) is 0 Å². The van der Waals surface area contributed by atoms with Crippen molar-refractivity contribution in [1.29, 1.82) is 0 Å². The molecule has 88 valence electrons. The summed E-state index contributed by atoms with van der Waals surface area (Å²) in [7, 11) is 18.3. The van der Waals surface area contributed by atoms with Crippen molar-refractivity contribution in [3.8, 4) is 0 Å². The van der Waals surface area contributed by atoms with E-state index in [-0.39, 0.29) is 0 Å². The first-order valence-corrected chi connectivity index (χ1v) is 20.1. The molecule has 0 unspecified atom stereocenters. The molecule has 0 amide bonds. The molecule has 0 atom stereocenters. The van der Waals surface area contributed by atoms with Crippen LogP contribution in [0.4, 0.5) is 0 Å². The van der Waals surface area contributed by atoms with E-state index >= 15 is 0 Å². The standard InChI is InChI=1S/C7H7ClN2O.4ClH.Zn/c1-11-7-3-2-5(8)4-6(7)10-9;;;;;/h2-3H,4H2,1H3;4*1H;/q;;;;;+4/p-4. The van der Waals surface area contributed by atoms with Crippen LogP contribution in [0.2, 0.25) is 0 Å². The summed E-state index contributed by atoms with van der Waals surface area (Å²) in [6, 6.07) is 0. The van der Waals surface area contributed by atoms with Gasteiger partial charge < -0.3 is 10.3 Å². The van der Waals surface area contributed by atoms with Gasteiger partial charge in [0.15, 0.2) is 0 Å². The number of methoxy groups -OCH3 is 1. The van der Waals surface area contributed by atoms with E-state index in [1.54, 1.807) is 12.2 Å². The molecule has 0 fully saturated rings. The fourth-order valence-electron chi connectivity index (χ4n) is 0.839. The van der Waals surface area contributed by atoms with Crippen LogP contribution in [-0.4, -0.2) is 17.6 Å². The van der Waals surface area contributed by atoms with Gasteiger partial charge in [-0.25, -0.2) is 0 Å². The topological polar surface area (TPSA) is 45.6 Å². The molecule has 0 spiro atoms. The van der Waals surface area contributed by atoms with Crippen molar-refractivity contribution in [2.75, 3.05) is 7.11 Å². The van der Waals surface area contributed by atoms with Crippen LogP contribution in [0.1, 0.15) is 6.42 Å². The first kappa shape index (κ1) is 16.7. The Morgan fingerprint density at radius 3 is 2.19 bits per heavy atom. The summed E-state index contributed by atoms with van der Waals surface area (Å²) in [5, 5.41) is 0.638. The van der Waals surface area contributed by atoms with E-state index < -0.39 is 10.8 Å². The van der Waals surface area contributed by atoms with Crippen LogP contribution >= 0.6 is 50.4 Å². The Bertz CT molecular complexity index is 350. The fourth-order valence-corrected chi connectivity index (χ4v) is 1.03. The van der Waals surface area contributed by atoms with Gasteiger partial charge in [0.1, 0.15) is 0 Å². The summed E-state index contributed by atoms with van der Waals surface area (Å²) < 4.78 is 4.91. The third-order valence-electron chi connectivity index (χ3n) is 1.38. The quantitative estimate of drug-likeness (QED) is 0.378. The van der Waals surface area contributed by atoms with Gasteiger partial charge in [-0.3, -0.25) is 0 Å². The first-order chi connectivity index (χ1) is 7.27. The van der Waals surface area contributed by atoms with Gasteiger partial charge >= 0.3 is 55.3 Å². The van der Waals surface area contributed by atoms with E-state index in [4.69, 9.17) is 60.6 Å². The van der Waals surface area contributed by atoms with Crippen molar-refractivity contribution in [2.45, 2.75) is 6.42 Å². The number of allylic oxidation sites excluding steroid dienone is 4. The Morgan fingerprint density at radius 1 is 1.31 bits per heavy atom. The van der Waals surface area contributed by atoms with Crippen LogP contribution in [0.5, 0.6) is 0 Å². The molecule has 1 aliphatic carbocycles. The number of ether oxygens (including phenoxy) is 1. The molecule has 0 aromatic rings. The van der Waals surface area contributed by atoms with Crippen molar-refractivity contribution in [2.24, 2.45) is 0 Å². The summed E-state index contributed by atoms with van der Waals surface area (Å²) in [5.41, 5.74) is 8.95. The number of hydrogen-bond acceptors (Lipinski definition) is 1. The van der Waals surface area contributed by atoms with Crippen LogP contribution in [-0.2, 0) is 15.5 Å². The average molecular weight is 378 g/mol. The van der Waals surface area contributed by atoms with Crippen LogP contribution < -0.4 is 0 Å². The van der Waals surface area contributed by atoms with Gasteiger partial charge in [0, 0.05) is 5.03 Å². The molecule has 0 N–H and O–H groups in total. The van der Waals surface area contributed by atoms with E-state index in [0.717, 1.165) is 0 Å². The van der Waals surface area contributed by atoms with Crippen LogP contribution in [0.25, 0.3) is 5.53 Å². The Hall–Kier alpha value is 0.733. The van der Waals surface area contributed by atoms with Gasteiger partial charge in [-0.1, -0.05) is 11.6 Å². The van der Waals surface area contributed by atoms with Gasteiger partial charge in [0.05, 0.1) is 13.5 Å². The molecule has 0 radical (unpaired) electrons. The average Bonchev–Trinajstić information content (AvgIpc) is 2.15. The molecule has 0 aromatic carbocycles. The summed E-state index contributed by atoms with van der Waals surface area (Å²) in [4.78, 5) is 3.05. The maximum atomic E-state index is 8.49. The van der Waals surface area contributed by atoms with Gasteiger partial charge in [0.2, 0.25) is 5.76 Å². The van der Waals surface area contributed by atoms with Gasteiger partial charge in [0.25, 0.3) is 0 Å². The zero-order chi connectivity index (χ0) is 12.8. The molecule has 0 saturated carbocycles. The summed E-state index contributed by atoms with van der Waals surface area (Å²) in [5.74, 6) is 0.553. The molecule has 16 heavy (non-hydrogen) atoms. The summed E-state index contributed by atoms with van der Waals surface area (Å²) >= 11 is 5.68. The monoisotopic (exact) mass is 374 g/mol. The van der Waals surface area contributed by atoms with Crippen molar-refractivity contribution >= 4 is 56.1 Å². The number of hydrogen-bond donors (Lipinski definition) is 0.